The summed E-state index contributed by atoms with van der Waals surface area (Å²) >= 11 is 5.79. The van der Waals surface area contributed by atoms with Crippen molar-refractivity contribution < 1.29 is 4.39 Å². The van der Waals surface area contributed by atoms with Gasteiger partial charge in [0.25, 0.3) is 0 Å². The van der Waals surface area contributed by atoms with Crippen molar-refractivity contribution in [3.8, 4) is 0 Å². The molecule has 0 atom stereocenters. The molecule has 0 fully saturated rings. The molecule has 0 saturated heterocycles. The van der Waals surface area contributed by atoms with Gasteiger partial charge in [-0.05, 0) is 43.2 Å². The smallest absolute Gasteiger partial charge is 0.143 e. The highest BCUT2D eigenvalue weighted by Crippen LogP contribution is 2.46. The van der Waals surface area contributed by atoms with E-state index in [0.717, 1.165) is 36.5 Å². The Labute approximate surface area is 129 Å². The molecule has 4 heteroatoms. The normalized spacial score (nSPS) is 16.1. The highest BCUT2D eigenvalue weighted by atomic mass is 35.5. The average molecular weight is 305 g/mol. The Morgan fingerprint density at radius 3 is 2.71 bits per heavy atom. The zero-order valence-electron chi connectivity index (χ0n) is 12.2. The quantitative estimate of drug-likeness (QED) is 0.785. The predicted molar refractivity (Wildman–Crippen MR) is 84.9 cm³/mol. The molecule has 2 aromatic rings. The minimum atomic E-state index is -0.384. The second-order valence-corrected chi connectivity index (χ2v) is 5.95. The molecule has 3 rings (SSSR count). The number of hydrogen-bond acceptors (Lipinski definition) is 2. The first kappa shape index (κ1) is 14.3. The molecule has 2 nitrogen and oxygen atoms in total. The molecule has 0 unspecified atom stereocenters. The maximum Gasteiger partial charge on any atom is 0.143 e. The molecule has 0 N–H and O–H groups in total. The molecule has 21 heavy (non-hydrogen) atoms. The van der Waals surface area contributed by atoms with Gasteiger partial charge in [0.15, 0.2) is 0 Å². The average Bonchev–Trinajstić information content (AvgIpc) is 2.85. The lowest BCUT2D eigenvalue weighted by molar-refractivity contribution is 0.417. The molecule has 2 heterocycles. The summed E-state index contributed by atoms with van der Waals surface area (Å²) in [6.07, 6.45) is 3.87. The van der Waals surface area contributed by atoms with Gasteiger partial charge in [0.1, 0.15) is 5.82 Å². The van der Waals surface area contributed by atoms with Crippen molar-refractivity contribution in [3.05, 3.63) is 53.1 Å². The summed E-state index contributed by atoms with van der Waals surface area (Å²) in [6.45, 7) is 5.20. The molecule has 1 aromatic carbocycles. The highest BCUT2D eigenvalue weighted by Gasteiger charge is 2.41. The van der Waals surface area contributed by atoms with Crippen LogP contribution in [0.15, 0.2) is 36.5 Å². The van der Waals surface area contributed by atoms with Crippen LogP contribution < -0.4 is 4.90 Å². The fourth-order valence-corrected chi connectivity index (χ4v) is 3.30. The Morgan fingerprint density at radius 2 is 2.05 bits per heavy atom. The minimum absolute atomic E-state index is 0.0344. The number of hydrogen-bond donors (Lipinski definition) is 0. The zero-order chi connectivity index (χ0) is 15.0. The first-order valence-corrected chi connectivity index (χ1v) is 7.67. The molecule has 0 aliphatic carbocycles. The van der Waals surface area contributed by atoms with E-state index in [1.807, 2.05) is 18.3 Å². The van der Waals surface area contributed by atoms with Crippen LogP contribution in [-0.2, 0) is 5.41 Å². The van der Waals surface area contributed by atoms with Gasteiger partial charge in [-0.3, -0.25) is 4.98 Å². The van der Waals surface area contributed by atoms with Crippen molar-refractivity contribution >= 4 is 23.0 Å². The second kappa shape index (κ2) is 5.30. The molecule has 110 valence electrons. The zero-order valence-corrected chi connectivity index (χ0v) is 13.0. The first-order valence-electron chi connectivity index (χ1n) is 7.29. The van der Waals surface area contributed by atoms with Gasteiger partial charge in [-0.15, -0.1) is 0 Å². The van der Waals surface area contributed by atoms with Gasteiger partial charge in [0, 0.05) is 23.8 Å². The third kappa shape index (κ3) is 2.20. The van der Waals surface area contributed by atoms with Crippen molar-refractivity contribution in [1.29, 1.82) is 0 Å². The molecule has 1 aliphatic heterocycles. The van der Waals surface area contributed by atoms with E-state index in [4.69, 9.17) is 11.6 Å². The van der Waals surface area contributed by atoms with Crippen molar-refractivity contribution in [1.82, 2.24) is 4.98 Å². The molecular formula is C17H18ClFN2. The molecule has 0 spiro atoms. The number of nitrogens with zero attached hydrogens (tertiary/aromatic N) is 2. The third-order valence-corrected chi connectivity index (χ3v) is 4.92. The summed E-state index contributed by atoms with van der Waals surface area (Å²) in [5.74, 6) is -0.384. The maximum atomic E-state index is 13.8. The monoisotopic (exact) mass is 304 g/mol. The van der Waals surface area contributed by atoms with Crippen LogP contribution >= 0.6 is 11.6 Å². The predicted octanol–water partition coefficient (Wildman–Crippen LogP) is 5.08. The Hall–Kier alpha value is -1.61. The van der Waals surface area contributed by atoms with Crippen LogP contribution in [0.3, 0.4) is 0 Å². The van der Waals surface area contributed by atoms with E-state index in [1.54, 1.807) is 6.07 Å². The largest absolute Gasteiger partial charge is 0.339 e. The Kier molecular flexibility index (Phi) is 3.62. The van der Waals surface area contributed by atoms with Crippen LogP contribution in [0.1, 0.15) is 32.4 Å². The van der Waals surface area contributed by atoms with E-state index in [2.05, 4.69) is 29.8 Å². The highest BCUT2D eigenvalue weighted by molar-refractivity contribution is 6.30. The van der Waals surface area contributed by atoms with E-state index < -0.39 is 0 Å². The summed E-state index contributed by atoms with van der Waals surface area (Å²) in [5, 5.41) is 0.154. The van der Waals surface area contributed by atoms with E-state index in [9.17, 15) is 4.39 Å². The van der Waals surface area contributed by atoms with E-state index in [-0.39, 0.29) is 16.3 Å². The van der Waals surface area contributed by atoms with Crippen LogP contribution in [0.4, 0.5) is 15.8 Å². The van der Waals surface area contributed by atoms with Gasteiger partial charge in [0.05, 0.1) is 16.4 Å². The Morgan fingerprint density at radius 1 is 1.29 bits per heavy atom. The molecule has 0 amide bonds. The molecule has 0 bridgehead atoms. The summed E-state index contributed by atoms with van der Waals surface area (Å²) in [6, 6.07) is 8.96. The van der Waals surface area contributed by atoms with Gasteiger partial charge < -0.3 is 4.90 Å². The van der Waals surface area contributed by atoms with E-state index >= 15 is 0 Å². The minimum Gasteiger partial charge on any atom is -0.339 e. The maximum absolute atomic E-state index is 13.8. The third-order valence-electron chi connectivity index (χ3n) is 4.61. The van der Waals surface area contributed by atoms with Gasteiger partial charge >= 0.3 is 0 Å². The van der Waals surface area contributed by atoms with Crippen molar-refractivity contribution in [3.63, 3.8) is 0 Å². The van der Waals surface area contributed by atoms with Crippen LogP contribution in [0.5, 0.6) is 0 Å². The van der Waals surface area contributed by atoms with Crippen molar-refractivity contribution in [2.24, 2.45) is 0 Å². The summed E-state index contributed by atoms with van der Waals surface area (Å²) in [7, 11) is 0. The molecule has 1 aromatic heterocycles. The molecular weight excluding hydrogens is 287 g/mol. The number of halogens is 2. The first-order chi connectivity index (χ1) is 10.1. The fraction of sp³-hybridized carbons (Fsp3) is 0.353. The van der Waals surface area contributed by atoms with E-state index in [1.165, 1.54) is 6.07 Å². The number of pyridine rings is 1. The number of anilines is 2. The number of benzene rings is 1. The van der Waals surface area contributed by atoms with E-state index in [0.29, 0.717) is 0 Å². The standard InChI is InChI=1S/C17H18ClFN2/c1-3-17(4-2)11-21(15-6-5-9-20-16(15)17)12-7-8-13(18)14(19)10-12/h5-10H,3-4,11H2,1-2H3. The topological polar surface area (TPSA) is 16.1 Å². The summed E-state index contributed by atoms with van der Waals surface area (Å²) in [5.41, 5.74) is 3.05. The molecule has 0 radical (unpaired) electrons. The van der Waals surface area contributed by atoms with Gasteiger partial charge in [-0.25, -0.2) is 4.39 Å². The van der Waals surface area contributed by atoms with Gasteiger partial charge in [-0.2, -0.15) is 0 Å². The van der Waals surface area contributed by atoms with Crippen LogP contribution in [-0.4, -0.2) is 11.5 Å². The Bertz CT molecular complexity index is 668. The lowest BCUT2D eigenvalue weighted by Gasteiger charge is -2.27. The van der Waals surface area contributed by atoms with Crippen LogP contribution in [0, 0.1) is 5.82 Å². The fourth-order valence-electron chi connectivity index (χ4n) is 3.18. The van der Waals surface area contributed by atoms with Crippen LogP contribution in [0.2, 0.25) is 5.02 Å². The molecule has 1 aliphatic rings. The molecule has 0 saturated carbocycles. The van der Waals surface area contributed by atoms with Gasteiger partial charge in [-0.1, -0.05) is 25.4 Å². The summed E-state index contributed by atoms with van der Waals surface area (Å²) in [4.78, 5) is 6.76. The lowest BCUT2D eigenvalue weighted by Crippen LogP contribution is -2.30. The Balaban J connectivity index is 2.11. The number of aromatic nitrogens is 1. The second-order valence-electron chi connectivity index (χ2n) is 5.54. The number of rotatable bonds is 3. The SMILES string of the molecule is CCC1(CC)CN(c2ccc(Cl)c(F)c2)c2cccnc21. The number of fused-ring (bicyclic) bond motifs is 1. The summed E-state index contributed by atoms with van der Waals surface area (Å²) < 4.78 is 13.8. The van der Waals surface area contributed by atoms with Crippen molar-refractivity contribution in [2.75, 3.05) is 11.4 Å². The van der Waals surface area contributed by atoms with Crippen LogP contribution in [0.25, 0.3) is 0 Å². The van der Waals surface area contributed by atoms with Crippen molar-refractivity contribution in [2.45, 2.75) is 32.1 Å². The van der Waals surface area contributed by atoms with Gasteiger partial charge in [0.2, 0.25) is 0 Å². The lowest BCUT2D eigenvalue weighted by atomic mass is 9.80.